The molecule has 0 aliphatic heterocycles. The Bertz CT molecular complexity index is 1160. The fourth-order valence-electron chi connectivity index (χ4n) is 2.79. The van der Waals surface area contributed by atoms with E-state index in [9.17, 15) is 0 Å². The van der Waals surface area contributed by atoms with Crippen molar-refractivity contribution in [2.75, 3.05) is 20.1 Å². The maximum atomic E-state index is 6.22. The van der Waals surface area contributed by atoms with Crippen molar-refractivity contribution in [1.82, 2.24) is 19.9 Å². The van der Waals surface area contributed by atoms with Crippen LogP contribution in [0.1, 0.15) is 5.89 Å². The number of aromatic nitrogens is 4. The third kappa shape index (κ3) is 4.07. The molecule has 2 N–H and O–H groups in total. The molecule has 0 amide bonds. The number of hydrogen-bond donors (Lipinski definition) is 1. The maximum absolute atomic E-state index is 6.22. The first-order valence-electron chi connectivity index (χ1n) is 8.85. The molecule has 0 saturated carbocycles. The Morgan fingerprint density at radius 2 is 1.90 bits per heavy atom. The van der Waals surface area contributed by atoms with Crippen molar-refractivity contribution in [1.29, 1.82) is 0 Å². The van der Waals surface area contributed by atoms with Crippen molar-refractivity contribution in [3.8, 4) is 34.2 Å². The molecule has 10 heteroatoms. The first-order chi connectivity index (χ1) is 14.6. The lowest BCUT2D eigenvalue weighted by atomic mass is 10.2. The van der Waals surface area contributed by atoms with Gasteiger partial charge in [-0.25, -0.2) is 9.66 Å². The summed E-state index contributed by atoms with van der Waals surface area (Å²) in [6.07, 6.45) is 1.68. The molecule has 2 aromatic carbocycles. The Balaban J connectivity index is 1.50. The van der Waals surface area contributed by atoms with Gasteiger partial charge in [-0.2, -0.15) is 0 Å². The Morgan fingerprint density at radius 1 is 1.10 bits per heavy atom. The molecule has 0 fully saturated rings. The van der Waals surface area contributed by atoms with E-state index in [1.807, 2.05) is 24.3 Å². The second-order valence-corrected chi connectivity index (χ2v) is 7.54. The fourth-order valence-corrected chi connectivity index (χ4v) is 3.63. The number of oxazole rings is 1. The van der Waals surface area contributed by atoms with Gasteiger partial charge in [0.1, 0.15) is 11.5 Å². The number of nitrogen functional groups attached to an aromatic ring is 1. The second kappa shape index (κ2) is 8.68. The number of thioether (sulfide) groups is 1. The molecule has 4 aromatic rings. The number of ether oxygens (including phenoxy) is 2. The highest BCUT2D eigenvalue weighted by Crippen LogP contribution is 2.33. The van der Waals surface area contributed by atoms with Gasteiger partial charge < -0.3 is 19.7 Å². The van der Waals surface area contributed by atoms with Gasteiger partial charge >= 0.3 is 0 Å². The maximum Gasteiger partial charge on any atom is 0.210 e. The average Bonchev–Trinajstić information content (AvgIpc) is 3.39. The van der Waals surface area contributed by atoms with Crippen molar-refractivity contribution in [3.05, 3.63) is 59.6 Å². The molecule has 0 saturated heterocycles. The zero-order chi connectivity index (χ0) is 21.1. The van der Waals surface area contributed by atoms with E-state index >= 15 is 0 Å². The molecule has 0 radical (unpaired) electrons. The molecule has 0 atom stereocenters. The van der Waals surface area contributed by atoms with E-state index in [1.54, 1.807) is 38.6 Å². The van der Waals surface area contributed by atoms with Gasteiger partial charge in [-0.15, -0.1) is 10.2 Å². The summed E-state index contributed by atoms with van der Waals surface area (Å²) in [7, 11) is 3.17. The zero-order valence-corrected chi connectivity index (χ0v) is 17.8. The first-order valence-corrected chi connectivity index (χ1v) is 10.2. The molecule has 0 bridgehead atoms. The van der Waals surface area contributed by atoms with Crippen LogP contribution in [0.2, 0.25) is 5.02 Å². The van der Waals surface area contributed by atoms with Crippen LogP contribution in [0.3, 0.4) is 0 Å². The largest absolute Gasteiger partial charge is 0.497 e. The summed E-state index contributed by atoms with van der Waals surface area (Å²) in [6.45, 7) is 0. The lowest BCUT2D eigenvalue weighted by molar-refractivity contribution is 0.395. The molecule has 2 aromatic heterocycles. The number of rotatable bonds is 7. The Kier molecular flexibility index (Phi) is 5.82. The van der Waals surface area contributed by atoms with Crippen LogP contribution in [-0.4, -0.2) is 34.1 Å². The van der Waals surface area contributed by atoms with Crippen LogP contribution >= 0.6 is 23.4 Å². The number of halogens is 1. The predicted octanol–water partition coefficient (Wildman–Crippen LogP) is 4.28. The van der Waals surface area contributed by atoms with Crippen LogP contribution in [-0.2, 0) is 5.75 Å². The molecule has 4 rings (SSSR count). The molecule has 0 spiro atoms. The molecule has 0 aliphatic carbocycles. The summed E-state index contributed by atoms with van der Waals surface area (Å²) in [5.74, 6) is 9.63. The predicted molar refractivity (Wildman–Crippen MR) is 115 cm³/mol. The minimum atomic E-state index is 0.447. The highest BCUT2D eigenvalue weighted by atomic mass is 35.5. The highest BCUT2D eigenvalue weighted by molar-refractivity contribution is 7.98. The summed E-state index contributed by atoms with van der Waals surface area (Å²) in [4.78, 5) is 4.32. The van der Waals surface area contributed by atoms with Gasteiger partial charge in [0.05, 0.1) is 31.7 Å². The summed E-state index contributed by atoms with van der Waals surface area (Å²) < 4.78 is 17.9. The van der Waals surface area contributed by atoms with E-state index in [-0.39, 0.29) is 0 Å². The number of methoxy groups -OCH3 is 2. The summed E-state index contributed by atoms with van der Waals surface area (Å²) in [5.41, 5.74) is 1.61. The van der Waals surface area contributed by atoms with Gasteiger partial charge in [-0.05, 0) is 36.4 Å². The SMILES string of the molecule is COc1ccc(-c2nnc(SCc3ncc(-c4ccc(Cl)cc4)o3)n2N)c(OC)c1. The summed E-state index contributed by atoms with van der Waals surface area (Å²) >= 11 is 7.30. The third-order valence-electron chi connectivity index (χ3n) is 4.32. The number of nitrogens with two attached hydrogens (primary N) is 1. The fraction of sp³-hybridized carbons (Fsp3) is 0.150. The number of hydrogen-bond acceptors (Lipinski definition) is 8. The standard InChI is InChI=1S/C20H18ClN5O3S/c1-27-14-7-8-15(16(9-14)28-2)19-24-25-20(26(19)22)30-11-18-23-10-17(29-18)12-3-5-13(21)6-4-12/h3-10H,11,22H2,1-2H3. The van der Waals surface area contributed by atoms with Crippen LogP contribution in [0.5, 0.6) is 11.5 Å². The van der Waals surface area contributed by atoms with Crippen LogP contribution < -0.4 is 15.3 Å². The van der Waals surface area contributed by atoms with E-state index in [0.29, 0.717) is 50.5 Å². The molecular formula is C20H18ClN5O3S. The van der Waals surface area contributed by atoms with Crippen LogP contribution in [0.4, 0.5) is 0 Å². The van der Waals surface area contributed by atoms with Crippen molar-refractivity contribution in [3.63, 3.8) is 0 Å². The number of benzene rings is 2. The van der Waals surface area contributed by atoms with Crippen LogP contribution in [0.25, 0.3) is 22.7 Å². The summed E-state index contributed by atoms with van der Waals surface area (Å²) in [6, 6.07) is 12.8. The van der Waals surface area contributed by atoms with Gasteiger partial charge in [0.2, 0.25) is 11.0 Å². The van der Waals surface area contributed by atoms with E-state index in [0.717, 1.165) is 5.56 Å². The zero-order valence-electron chi connectivity index (χ0n) is 16.2. The summed E-state index contributed by atoms with van der Waals surface area (Å²) in [5, 5.41) is 9.58. The Hall–Kier alpha value is -3.17. The Labute approximate surface area is 182 Å². The van der Waals surface area contributed by atoms with E-state index in [2.05, 4.69) is 15.2 Å². The minimum absolute atomic E-state index is 0.447. The van der Waals surface area contributed by atoms with Crippen LogP contribution in [0, 0.1) is 0 Å². The lowest BCUT2D eigenvalue weighted by Crippen LogP contribution is -2.12. The van der Waals surface area contributed by atoms with Gasteiger partial charge in [-0.1, -0.05) is 23.4 Å². The van der Waals surface area contributed by atoms with E-state index < -0.39 is 0 Å². The molecule has 30 heavy (non-hydrogen) atoms. The van der Waals surface area contributed by atoms with Crippen molar-refractivity contribution < 1.29 is 13.9 Å². The number of nitrogens with zero attached hydrogens (tertiary/aromatic N) is 4. The van der Waals surface area contributed by atoms with E-state index in [4.69, 9.17) is 31.3 Å². The third-order valence-corrected chi connectivity index (χ3v) is 5.50. The van der Waals surface area contributed by atoms with Gasteiger partial charge in [0, 0.05) is 16.7 Å². The van der Waals surface area contributed by atoms with E-state index in [1.165, 1.54) is 16.4 Å². The van der Waals surface area contributed by atoms with Gasteiger partial charge in [-0.3, -0.25) is 0 Å². The molecule has 154 valence electrons. The average molecular weight is 444 g/mol. The topological polar surface area (TPSA) is 101 Å². The first kappa shape index (κ1) is 20.1. The Morgan fingerprint density at radius 3 is 2.63 bits per heavy atom. The molecule has 0 aliphatic rings. The minimum Gasteiger partial charge on any atom is -0.497 e. The molecular weight excluding hydrogens is 426 g/mol. The second-order valence-electron chi connectivity index (χ2n) is 6.16. The highest BCUT2D eigenvalue weighted by Gasteiger charge is 2.17. The normalized spacial score (nSPS) is 10.9. The quantitative estimate of drug-likeness (QED) is 0.333. The van der Waals surface area contributed by atoms with Crippen molar-refractivity contribution in [2.45, 2.75) is 10.9 Å². The van der Waals surface area contributed by atoms with Gasteiger partial charge in [0.15, 0.2) is 11.6 Å². The van der Waals surface area contributed by atoms with Crippen molar-refractivity contribution >= 4 is 23.4 Å². The van der Waals surface area contributed by atoms with Gasteiger partial charge in [0.25, 0.3) is 0 Å². The molecule has 2 heterocycles. The smallest absolute Gasteiger partial charge is 0.210 e. The van der Waals surface area contributed by atoms with Crippen molar-refractivity contribution in [2.24, 2.45) is 0 Å². The monoisotopic (exact) mass is 443 g/mol. The molecule has 8 nitrogen and oxygen atoms in total. The molecule has 0 unspecified atom stereocenters. The van der Waals surface area contributed by atoms with Crippen LogP contribution in [0.15, 0.2) is 58.2 Å². The lowest BCUT2D eigenvalue weighted by Gasteiger charge is -2.09.